The zero-order valence-corrected chi connectivity index (χ0v) is 17.4. The van der Waals surface area contributed by atoms with E-state index in [2.05, 4.69) is 20.7 Å². The number of anilines is 1. The largest absolute Gasteiger partial charge is 0.453 e. The first-order chi connectivity index (χ1) is 14.2. The molecule has 4 amide bonds. The third-order valence-electron chi connectivity index (χ3n) is 4.22. The van der Waals surface area contributed by atoms with E-state index in [0.29, 0.717) is 17.7 Å². The van der Waals surface area contributed by atoms with Gasteiger partial charge in [0.2, 0.25) is 17.7 Å². The van der Waals surface area contributed by atoms with Crippen molar-refractivity contribution < 1.29 is 29.0 Å². The fourth-order valence-corrected chi connectivity index (χ4v) is 2.65. The first-order valence-corrected chi connectivity index (χ1v) is 9.60. The Morgan fingerprint density at radius 3 is 2.17 bits per heavy atom. The van der Waals surface area contributed by atoms with Gasteiger partial charge in [-0.15, -0.1) is 0 Å². The van der Waals surface area contributed by atoms with E-state index in [-0.39, 0.29) is 25.4 Å². The van der Waals surface area contributed by atoms with Gasteiger partial charge >= 0.3 is 6.09 Å². The number of primary amides is 1. The summed E-state index contributed by atoms with van der Waals surface area (Å²) in [5, 5.41) is 16.8. The van der Waals surface area contributed by atoms with Gasteiger partial charge in [0.15, 0.2) is 0 Å². The van der Waals surface area contributed by atoms with Crippen LogP contribution in [0.1, 0.15) is 38.7 Å². The van der Waals surface area contributed by atoms with Crippen LogP contribution in [0.5, 0.6) is 0 Å². The van der Waals surface area contributed by atoms with Gasteiger partial charge in [0.25, 0.3) is 0 Å². The average molecular weight is 422 g/mol. The van der Waals surface area contributed by atoms with E-state index in [9.17, 15) is 19.2 Å². The summed E-state index contributed by atoms with van der Waals surface area (Å²) in [5.41, 5.74) is 6.32. The van der Waals surface area contributed by atoms with Crippen LogP contribution in [0.2, 0.25) is 0 Å². The summed E-state index contributed by atoms with van der Waals surface area (Å²) in [6.07, 6.45) is -0.554. The molecule has 0 spiro atoms. The SMILES string of the molecule is COC(=O)N[C@@H](CC(C)C)C(=O)N[C@@H](CCC(N)=O)C(=O)Nc1ccc(CO)cc1. The molecule has 0 bridgehead atoms. The van der Waals surface area contributed by atoms with E-state index in [4.69, 9.17) is 10.8 Å². The van der Waals surface area contributed by atoms with Crippen molar-refractivity contribution in [2.45, 2.75) is 51.8 Å². The first-order valence-electron chi connectivity index (χ1n) is 9.60. The molecule has 0 aliphatic carbocycles. The highest BCUT2D eigenvalue weighted by atomic mass is 16.5. The number of carbonyl (C=O) groups excluding carboxylic acids is 4. The Morgan fingerprint density at radius 1 is 1.03 bits per heavy atom. The number of nitrogens with one attached hydrogen (secondary N) is 3. The number of carbonyl (C=O) groups is 4. The molecule has 0 aromatic heterocycles. The van der Waals surface area contributed by atoms with Crippen molar-refractivity contribution in [3.8, 4) is 0 Å². The number of rotatable bonds is 11. The van der Waals surface area contributed by atoms with Crippen LogP contribution in [0.15, 0.2) is 24.3 Å². The summed E-state index contributed by atoms with van der Waals surface area (Å²) < 4.78 is 4.55. The molecule has 1 aromatic rings. The van der Waals surface area contributed by atoms with Gasteiger partial charge in [0, 0.05) is 12.1 Å². The number of aliphatic hydroxyl groups excluding tert-OH is 1. The molecular formula is C20H30N4O6. The van der Waals surface area contributed by atoms with E-state index in [1.54, 1.807) is 24.3 Å². The molecule has 10 heteroatoms. The number of amides is 4. The van der Waals surface area contributed by atoms with Crippen molar-refractivity contribution in [2.75, 3.05) is 12.4 Å². The highest BCUT2D eigenvalue weighted by Gasteiger charge is 2.28. The van der Waals surface area contributed by atoms with Crippen LogP contribution in [0.4, 0.5) is 10.5 Å². The molecule has 0 radical (unpaired) electrons. The molecule has 30 heavy (non-hydrogen) atoms. The summed E-state index contributed by atoms with van der Waals surface area (Å²) in [6.45, 7) is 3.63. The van der Waals surface area contributed by atoms with Crippen LogP contribution < -0.4 is 21.7 Å². The Hall–Kier alpha value is -3.14. The number of hydrogen-bond donors (Lipinski definition) is 5. The maximum absolute atomic E-state index is 12.7. The highest BCUT2D eigenvalue weighted by Crippen LogP contribution is 2.12. The number of ether oxygens (including phenoxy) is 1. The topological polar surface area (TPSA) is 160 Å². The van der Waals surface area contributed by atoms with Gasteiger partial charge in [-0.1, -0.05) is 26.0 Å². The monoisotopic (exact) mass is 422 g/mol. The lowest BCUT2D eigenvalue weighted by Gasteiger charge is -2.23. The zero-order valence-electron chi connectivity index (χ0n) is 17.4. The van der Waals surface area contributed by atoms with E-state index in [0.717, 1.165) is 0 Å². The standard InChI is InChI=1S/C20H30N4O6/c1-12(2)10-16(24-20(29)30-3)19(28)23-15(8-9-17(21)26)18(27)22-14-6-4-13(11-25)5-7-14/h4-7,12,15-16,25H,8-11H2,1-3H3,(H2,21,26)(H,22,27)(H,23,28)(H,24,29)/t15-,16-/m0/s1. The highest BCUT2D eigenvalue weighted by molar-refractivity contribution is 5.98. The summed E-state index contributed by atoms with van der Waals surface area (Å²) in [6, 6.07) is 4.55. The quantitative estimate of drug-likeness (QED) is 0.352. The molecular weight excluding hydrogens is 392 g/mol. The van der Waals surface area contributed by atoms with E-state index < -0.39 is 35.9 Å². The molecule has 1 aromatic carbocycles. The van der Waals surface area contributed by atoms with Crippen LogP contribution in [0, 0.1) is 5.92 Å². The second-order valence-corrected chi connectivity index (χ2v) is 7.23. The third kappa shape index (κ3) is 8.91. The fourth-order valence-electron chi connectivity index (χ4n) is 2.65. The number of hydrogen-bond acceptors (Lipinski definition) is 6. The Balaban J connectivity index is 2.92. The average Bonchev–Trinajstić information content (AvgIpc) is 2.70. The Bertz CT molecular complexity index is 735. The van der Waals surface area contributed by atoms with Crippen LogP contribution in [-0.2, 0) is 25.7 Å². The van der Waals surface area contributed by atoms with E-state index in [1.807, 2.05) is 13.8 Å². The molecule has 2 atom stereocenters. The van der Waals surface area contributed by atoms with E-state index >= 15 is 0 Å². The predicted octanol–water partition coefficient (Wildman–Crippen LogP) is 0.638. The van der Waals surface area contributed by atoms with Crippen LogP contribution >= 0.6 is 0 Å². The lowest BCUT2D eigenvalue weighted by molar-refractivity contribution is -0.128. The van der Waals surface area contributed by atoms with Gasteiger partial charge < -0.3 is 31.5 Å². The molecule has 0 saturated heterocycles. The molecule has 0 aliphatic heterocycles. The maximum atomic E-state index is 12.7. The van der Waals surface area contributed by atoms with Gasteiger partial charge in [-0.05, 0) is 36.5 Å². The molecule has 1 rings (SSSR count). The smallest absolute Gasteiger partial charge is 0.407 e. The fraction of sp³-hybridized carbons (Fsp3) is 0.500. The van der Waals surface area contributed by atoms with Gasteiger partial charge in [-0.2, -0.15) is 0 Å². The number of benzene rings is 1. The summed E-state index contributed by atoms with van der Waals surface area (Å²) in [5.74, 6) is -1.64. The molecule has 0 heterocycles. The maximum Gasteiger partial charge on any atom is 0.407 e. The van der Waals surface area contributed by atoms with E-state index in [1.165, 1.54) is 7.11 Å². The zero-order chi connectivity index (χ0) is 22.7. The van der Waals surface area contributed by atoms with Crippen molar-refractivity contribution in [3.05, 3.63) is 29.8 Å². The van der Waals surface area contributed by atoms with Crippen LogP contribution in [0.25, 0.3) is 0 Å². The summed E-state index contributed by atoms with van der Waals surface area (Å²) >= 11 is 0. The van der Waals surface area contributed by atoms with Crippen molar-refractivity contribution >= 4 is 29.5 Å². The second kappa shape index (κ2) is 12.4. The molecule has 0 fully saturated rings. The number of nitrogens with two attached hydrogens (primary N) is 1. The molecule has 0 saturated carbocycles. The number of methoxy groups -OCH3 is 1. The third-order valence-corrected chi connectivity index (χ3v) is 4.22. The Kier molecular flexibility index (Phi) is 10.3. The van der Waals surface area contributed by atoms with Gasteiger partial charge in [0.1, 0.15) is 12.1 Å². The molecule has 0 unspecified atom stereocenters. The number of alkyl carbamates (subject to hydrolysis) is 1. The van der Waals surface area contributed by atoms with Crippen molar-refractivity contribution in [1.29, 1.82) is 0 Å². The number of aliphatic hydroxyl groups is 1. The molecule has 10 nitrogen and oxygen atoms in total. The molecule has 0 aliphatic rings. The van der Waals surface area contributed by atoms with Gasteiger partial charge in [0.05, 0.1) is 13.7 Å². The minimum Gasteiger partial charge on any atom is -0.453 e. The van der Waals surface area contributed by atoms with Crippen LogP contribution in [-0.4, -0.2) is 48.1 Å². The predicted molar refractivity (Wildman–Crippen MR) is 110 cm³/mol. The Morgan fingerprint density at radius 2 is 1.67 bits per heavy atom. The minimum atomic E-state index is -1.04. The second-order valence-electron chi connectivity index (χ2n) is 7.23. The molecule has 6 N–H and O–H groups in total. The van der Waals surface area contributed by atoms with Gasteiger partial charge in [-0.3, -0.25) is 14.4 Å². The van der Waals surface area contributed by atoms with Crippen molar-refractivity contribution in [2.24, 2.45) is 11.7 Å². The van der Waals surface area contributed by atoms with Crippen molar-refractivity contribution in [3.63, 3.8) is 0 Å². The molecule has 166 valence electrons. The van der Waals surface area contributed by atoms with Gasteiger partial charge in [-0.25, -0.2) is 4.79 Å². The lowest BCUT2D eigenvalue weighted by Crippen LogP contribution is -2.53. The Labute approximate surface area is 175 Å². The normalized spacial score (nSPS) is 12.6. The lowest BCUT2D eigenvalue weighted by atomic mass is 10.0. The summed E-state index contributed by atoms with van der Waals surface area (Å²) in [7, 11) is 1.19. The minimum absolute atomic E-state index is 0.00570. The summed E-state index contributed by atoms with van der Waals surface area (Å²) in [4.78, 5) is 48.2. The van der Waals surface area contributed by atoms with Crippen molar-refractivity contribution in [1.82, 2.24) is 10.6 Å². The first kappa shape index (κ1) is 24.9. The van der Waals surface area contributed by atoms with Crippen LogP contribution in [0.3, 0.4) is 0 Å².